The first-order valence-corrected chi connectivity index (χ1v) is 8.17. The van der Waals surface area contributed by atoms with Crippen molar-refractivity contribution in [1.29, 1.82) is 0 Å². The van der Waals surface area contributed by atoms with Gasteiger partial charge < -0.3 is 10.2 Å². The number of amides is 1. The van der Waals surface area contributed by atoms with Gasteiger partial charge in [0.05, 0.1) is 4.91 Å². The fourth-order valence-electron chi connectivity index (χ4n) is 2.32. The average Bonchev–Trinajstić information content (AvgIpc) is 3.16. The number of likely N-dealkylation sites (tertiary alicyclic amines) is 1. The first-order valence-electron chi connectivity index (χ1n) is 6.92. The largest absolute Gasteiger partial charge is 0.368 e. The van der Waals surface area contributed by atoms with Gasteiger partial charge in [-0.2, -0.15) is 0 Å². The Kier molecular flexibility index (Phi) is 4.42. The molecule has 0 saturated carbocycles. The van der Waals surface area contributed by atoms with Gasteiger partial charge >= 0.3 is 0 Å². The van der Waals surface area contributed by atoms with Gasteiger partial charge in [0.25, 0.3) is 5.91 Å². The van der Waals surface area contributed by atoms with E-state index in [0.717, 1.165) is 36.4 Å². The number of hydrogen-bond acceptors (Lipinski definition) is 3. The van der Waals surface area contributed by atoms with Crippen molar-refractivity contribution in [3.05, 3.63) is 46.0 Å². The van der Waals surface area contributed by atoms with Crippen LogP contribution in [0.25, 0.3) is 0 Å². The lowest BCUT2D eigenvalue weighted by molar-refractivity contribution is -0.125. The molecule has 1 atom stereocenters. The molecule has 108 valence electrons. The van der Waals surface area contributed by atoms with Crippen molar-refractivity contribution in [2.75, 3.05) is 13.1 Å². The van der Waals surface area contributed by atoms with E-state index in [4.69, 9.17) is 11.6 Å². The maximum absolute atomic E-state index is 12.2. The van der Waals surface area contributed by atoms with Crippen molar-refractivity contribution in [1.82, 2.24) is 10.2 Å². The molecule has 1 unspecified atom stereocenters. The summed E-state index contributed by atoms with van der Waals surface area (Å²) in [4.78, 5) is 14.9. The standard InChI is InChI=1S/C16H15ClN2OS/c17-13-5-3-4-12(10-13)6-7-15-18-11-14(21-15)16(20)19-8-1-2-9-19/h3-5,10-11,15,18H,1-2,8-9H2. The Balaban J connectivity index is 1.60. The molecule has 1 amide bonds. The van der Waals surface area contributed by atoms with E-state index in [9.17, 15) is 4.79 Å². The highest BCUT2D eigenvalue weighted by molar-refractivity contribution is 8.05. The maximum Gasteiger partial charge on any atom is 0.261 e. The average molecular weight is 319 g/mol. The SMILES string of the molecule is O=C(C1=CNC(C#Cc2cccc(Cl)c2)S1)N1CCCC1. The number of carbonyl (C=O) groups excluding carboxylic acids is 1. The van der Waals surface area contributed by atoms with Crippen LogP contribution in [0.15, 0.2) is 35.4 Å². The number of halogens is 1. The lowest BCUT2D eigenvalue weighted by atomic mass is 10.2. The molecule has 3 rings (SSSR count). The van der Waals surface area contributed by atoms with Gasteiger partial charge in [0.2, 0.25) is 0 Å². The summed E-state index contributed by atoms with van der Waals surface area (Å²) in [6, 6.07) is 7.45. The minimum absolute atomic E-state index is 0.0782. The van der Waals surface area contributed by atoms with Crippen LogP contribution in [0.1, 0.15) is 18.4 Å². The predicted octanol–water partition coefficient (Wildman–Crippen LogP) is 2.82. The fraction of sp³-hybridized carbons (Fsp3) is 0.312. The minimum Gasteiger partial charge on any atom is -0.368 e. The van der Waals surface area contributed by atoms with Gasteiger partial charge in [-0.1, -0.05) is 41.3 Å². The smallest absolute Gasteiger partial charge is 0.261 e. The summed E-state index contributed by atoms with van der Waals surface area (Å²) in [5.41, 5.74) is 0.879. The van der Waals surface area contributed by atoms with Gasteiger partial charge in [-0.15, -0.1) is 0 Å². The van der Waals surface area contributed by atoms with Crippen molar-refractivity contribution in [3.8, 4) is 11.8 Å². The number of benzene rings is 1. The second kappa shape index (κ2) is 6.46. The highest BCUT2D eigenvalue weighted by Crippen LogP contribution is 2.28. The Bertz CT molecular complexity index is 641. The zero-order chi connectivity index (χ0) is 14.7. The maximum atomic E-state index is 12.2. The van der Waals surface area contributed by atoms with Crippen LogP contribution < -0.4 is 5.32 Å². The van der Waals surface area contributed by atoms with Crippen LogP contribution >= 0.6 is 23.4 Å². The van der Waals surface area contributed by atoms with Crippen LogP contribution in [0, 0.1) is 11.8 Å². The van der Waals surface area contributed by atoms with Crippen LogP contribution in [-0.2, 0) is 4.79 Å². The minimum atomic E-state index is -0.0782. The van der Waals surface area contributed by atoms with E-state index in [2.05, 4.69) is 17.2 Å². The quantitative estimate of drug-likeness (QED) is 0.808. The summed E-state index contributed by atoms with van der Waals surface area (Å²) >= 11 is 7.41. The van der Waals surface area contributed by atoms with Crippen molar-refractivity contribution in [2.45, 2.75) is 18.2 Å². The van der Waals surface area contributed by atoms with Crippen molar-refractivity contribution < 1.29 is 4.79 Å². The number of thioether (sulfide) groups is 1. The van der Waals surface area contributed by atoms with E-state index in [1.807, 2.05) is 29.2 Å². The molecule has 1 aromatic rings. The van der Waals surface area contributed by atoms with E-state index in [0.29, 0.717) is 5.02 Å². The lowest BCUT2D eigenvalue weighted by Crippen LogP contribution is -2.27. The Morgan fingerprint density at radius 3 is 2.95 bits per heavy atom. The number of rotatable bonds is 1. The fourth-order valence-corrected chi connectivity index (χ4v) is 3.38. The first-order chi connectivity index (χ1) is 10.2. The highest BCUT2D eigenvalue weighted by Gasteiger charge is 2.26. The van der Waals surface area contributed by atoms with Crippen molar-refractivity contribution >= 4 is 29.3 Å². The van der Waals surface area contributed by atoms with Gasteiger partial charge in [-0.05, 0) is 31.0 Å². The summed E-state index contributed by atoms with van der Waals surface area (Å²) in [5, 5.41) is 3.74. The van der Waals surface area contributed by atoms with Crippen molar-refractivity contribution in [2.24, 2.45) is 0 Å². The first kappa shape index (κ1) is 14.4. The summed E-state index contributed by atoms with van der Waals surface area (Å²) in [7, 11) is 0. The van der Waals surface area contributed by atoms with E-state index >= 15 is 0 Å². The molecule has 3 nitrogen and oxygen atoms in total. The third-order valence-corrected chi connectivity index (χ3v) is 4.66. The Hall–Kier alpha value is -1.57. The van der Waals surface area contributed by atoms with Crippen LogP contribution in [0.2, 0.25) is 5.02 Å². The second-order valence-corrected chi connectivity index (χ2v) is 6.54. The zero-order valence-electron chi connectivity index (χ0n) is 11.4. The van der Waals surface area contributed by atoms with Crippen molar-refractivity contribution in [3.63, 3.8) is 0 Å². The molecular formula is C16H15ClN2OS. The molecular weight excluding hydrogens is 304 g/mol. The molecule has 5 heteroatoms. The van der Waals surface area contributed by atoms with Crippen LogP contribution in [0.3, 0.4) is 0 Å². The Labute approximate surface area is 133 Å². The molecule has 1 saturated heterocycles. The molecule has 2 aliphatic heterocycles. The monoisotopic (exact) mass is 318 g/mol. The zero-order valence-corrected chi connectivity index (χ0v) is 13.0. The van der Waals surface area contributed by atoms with Gasteiger partial charge in [0, 0.05) is 29.9 Å². The number of nitrogens with one attached hydrogen (secondary N) is 1. The third kappa shape index (κ3) is 3.55. The highest BCUT2D eigenvalue weighted by atomic mass is 35.5. The number of hydrogen-bond donors (Lipinski definition) is 1. The molecule has 2 heterocycles. The van der Waals surface area contributed by atoms with E-state index < -0.39 is 0 Å². The van der Waals surface area contributed by atoms with Gasteiger partial charge in [-0.25, -0.2) is 0 Å². The van der Waals surface area contributed by atoms with E-state index in [-0.39, 0.29) is 11.3 Å². The van der Waals surface area contributed by atoms with Crippen LogP contribution in [-0.4, -0.2) is 29.3 Å². The lowest BCUT2D eigenvalue weighted by Gasteiger charge is -2.14. The van der Waals surface area contributed by atoms with Crippen LogP contribution in [0.5, 0.6) is 0 Å². The predicted molar refractivity (Wildman–Crippen MR) is 86.7 cm³/mol. The summed E-state index contributed by atoms with van der Waals surface area (Å²) in [6.07, 6.45) is 3.99. The van der Waals surface area contributed by atoms with Gasteiger partial charge in [0.15, 0.2) is 0 Å². The molecule has 1 fully saturated rings. The van der Waals surface area contributed by atoms with E-state index in [1.54, 1.807) is 6.20 Å². The topological polar surface area (TPSA) is 32.3 Å². The summed E-state index contributed by atoms with van der Waals surface area (Å²) < 4.78 is 0. The van der Waals surface area contributed by atoms with E-state index in [1.165, 1.54) is 11.8 Å². The second-order valence-electron chi connectivity index (χ2n) is 4.95. The molecule has 21 heavy (non-hydrogen) atoms. The number of carbonyl (C=O) groups is 1. The third-order valence-electron chi connectivity index (χ3n) is 3.39. The molecule has 0 radical (unpaired) electrons. The molecule has 0 aromatic heterocycles. The Morgan fingerprint density at radius 1 is 1.38 bits per heavy atom. The normalized spacial score (nSPS) is 20.5. The Morgan fingerprint density at radius 2 is 2.19 bits per heavy atom. The van der Waals surface area contributed by atoms with Gasteiger partial charge in [0.1, 0.15) is 5.37 Å². The molecule has 2 aliphatic rings. The molecule has 0 bridgehead atoms. The summed E-state index contributed by atoms with van der Waals surface area (Å²) in [5.74, 6) is 6.32. The molecule has 1 N–H and O–H groups in total. The van der Waals surface area contributed by atoms with Gasteiger partial charge in [-0.3, -0.25) is 4.79 Å². The molecule has 1 aromatic carbocycles. The van der Waals surface area contributed by atoms with Crippen LogP contribution in [0.4, 0.5) is 0 Å². The summed E-state index contributed by atoms with van der Waals surface area (Å²) in [6.45, 7) is 1.74. The molecule has 0 aliphatic carbocycles. The number of nitrogens with zero attached hydrogens (tertiary/aromatic N) is 1. The molecule has 0 spiro atoms.